The summed E-state index contributed by atoms with van der Waals surface area (Å²) in [5.41, 5.74) is 3.89. The van der Waals surface area contributed by atoms with Gasteiger partial charge in [-0.3, -0.25) is 18.8 Å². The summed E-state index contributed by atoms with van der Waals surface area (Å²) >= 11 is 0. The number of aromatic nitrogens is 2. The average molecular weight is 611 g/mol. The smallest absolute Gasteiger partial charge is 0.416 e. The fraction of sp³-hybridized carbons (Fsp3) is 0.323. The van der Waals surface area contributed by atoms with Gasteiger partial charge in [0.2, 0.25) is 5.76 Å². The zero-order chi connectivity index (χ0) is 31.6. The quantitative estimate of drug-likeness (QED) is 0.300. The van der Waals surface area contributed by atoms with E-state index in [2.05, 4.69) is 4.90 Å². The van der Waals surface area contributed by atoms with Gasteiger partial charge >= 0.3 is 11.9 Å². The largest absolute Gasteiger partial charge is 0.449 e. The number of hydrogen-bond acceptors (Lipinski definition) is 7. The minimum Gasteiger partial charge on any atom is -0.449 e. The zero-order valence-electron chi connectivity index (χ0n) is 23.9. The third-order valence-electron chi connectivity index (χ3n) is 7.84. The van der Waals surface area contributed by atoms with E-state index >= 15 is 0 Å². The Bertz CT molecular complexity index is 1800. The molecule has 2 N–H and O–H groups in total. The highest BCUT2D eigenvalue weighted by molar-refractivity contribution is 5.50. The van der Waals surface area contributed by atoms with Crippen molar-refractivity contribution in [2.75, 3.05) is 31.1 Å². The minimum atomic E-state index is -4.86. The van der Waals surface area contributed by atoms with Crippen molar-refractivity contribution in [3.8, 4) is 6.07 Å². The van der Waals surface area contributed by atoms with Gasteiger partial charge in [-0.25, -0.2) is 9.18 Å². The first-order valence-electron chi connectivity index (χ1n) is 13.9. The van der Waals surface area contributed by atoms with Gasteiger partial charge in [0.1, 0.15) is 23.3 Å². The third kappa shape index (κ3) is 6.31. The standard InChI is InChI=1S/C31H30F4N6O3/c1-20-28(39-14-12-38(13-15-39)17-23-11-10-22(16-36)44-23)29(42)41(19-27(37)21-6-3-2-4-7-21)30(43)40(20)18-24-25(31(33,34)35)8-5-9-26(24)32/h2-11,27H,12-15,17-19,37H2,1H3. The van der Waals surface area contributed by atoms with Crippen LogP contribution in [0, 0.1) is 24.1 Å². The summed E-state index contributed by atoms with van der Waals surface area (Å²) in [6.07, 6.45) is -4.86. The van der Waals surface area contributed by atoms with Gasteiger partial charge in [-0.05, 0) is 36.8 Å². The predicted molar refractivity (Wildman–Crippen MR) is 154 cm³/mol. The Morgan fingerprint density at radius 1 is 0.955 bits per heavy atom. The van der Waals surface area contributed by atoms with E-state index in [4.69, 9.17) is 15.4 Å². The van der Waals surface area contributed by atoms with E-state index in [1.165, 1.54) is 6.92 Å². The highest BCUT2D eigenvalue weighted by Gasteiger charge is 2.35. The molecular formula is C31H30F4N6O3. The summed E-state index contributed by atoms with van der Waals surface area (Å²) in [7, 11) is 0. The summed E-state index contributed by atoms with van der Waals surface area (Å²) in [5, 5.41) is 9.01. The highest BCUT2D eigenvalue weighted by Crippen LogP contribution is 2.33. The summed E-state index contributed by atoms with van der Waals surface area (Å²) in [6, 6.07) is 15.9. The first-order valence-corrected chi connectivity index (χ1v) is 13.9. The van der Waals surface area contributed by atoms with Crippen LogP contribution in [-0.4, -0.2) is 40.2 Å². The van der Waals surface area contributed by atoms with Crippen LogP contribution in [0.15, 0.2) is 74.7 Å². The molecule has 0 aliphatic carbocycles. The molecule has 1 aliphatic rings. The number of hydrogen-bond donors (Lipinski definition) is 1. The topological polar surface area (TPSA) is 113 Å². The van der Waals surface area contributed by atoms with Crippen LogP contribution in [-0.2, 0) is 25.8 Å². The van der Waals surface area contributed by atoms with Crippen LogP contribution >= 0.6 is 0 Å². The number of anilines is 1. The van der Waals surface area contributed by atoms with Gasteiger partial charge in [-0.15, -0.1) is 0 Å². The Morgan fingerprint density at radius 2 is 1.66 bits per heavy atom. The van der Waals surface area contributed by atoms with E-state index in [9.17, 15) is 27.2 Å². The number of nitriles is 1. The molecule has 0 radical (unpaired) electrons. The molecule has 4 aromatic rings. The van der Waals surface area contributed by atoms with Crippen molar-refractivity contribution in [3.05, 3.63) is 121 Å². The molecule has 2 aromatic heterocycles. The SMILES string of the molecule is Cc1c(N2CCN(Cc3ccc(C#N)o3)CC2)c(=O)n(CC(N)c2ccccc2)c(=O)n1Cc1c(F)cccc1C(F)(F)F. The lowest BCUT2D eigenvalue weighted by Crippen LogP contribution is -2.51. The van der Waals surface area contributed by atoms with Crippen molar-refractivity contribution in [2.24, 2.45) is 5.73 Å². The van der Waals surface area contributed by atoms with Crippen molar-refractivity contribution < 1.29 is 22.0 Å². The minimum absolute atomic E-state index is 0.124. The van der Waals surface area contributed by atoms with E-state index in [-0.39, 0.29) is 23.7 Å². The van der Waals surface area contributed by atoms with Gasteiger partial charge in [-0.1, -0.05) is 36.4 Å². The Kier molecular flexibility index (Phi) is 8.75. The Hall–Kier alpha value is -4.67. The van der Waals surface area contributed by atoms with Gasteiger partial charge in [0.25, 0.3) is 5.56 Å². The van der Waals surface area contributed by atoms with Crippen molar-refractivity contribution in [1.29, 1.82) is 5.26 Å². The van der Waals surface area contributed by atoms with E-state index in [0.29, 0.717) is 44.0 Å². The molecule has 9 nitrogen and oxygen atoms in total. The molecule has 0 spiro atoms. The van der Waals surface area contributed by atoms with E-state index in [1.807, 2.05) is 6.07 Å². The van der Waals surface area contributed by atoms with Crippen LogP contribution in [0.2, 0.25) is 0 Å². The lowest BCUT2D eigenvalue weighted by molar-refractivity contribution is -0.138. The number of halogens is 4. The Morgan fingerprint density at radius 3 is 2.30 bits per heavy atom. The zero-order valence-corrected chi connectivity index (χ0v) is 23.9. The van der Waals surface area contributed by atoms with Crippen molar-refractivity contribution in [3.63, 3.8) is 0 Å². The molecule has 44 heavy (non-hydrogen) atoms. The van der Waals surface area contributed by atoms with E-state index in [0.717, 1.165) is 27.3 Å². The second kappa shape index (κ2) is 12.5. The van der Waals surface area contributed by atoms with E-state index in [1.54, 1.807) is 47.4 Å². The third-order valence-corrected chi connectivity index (χ3v) is 7.84. The van der Waals surface area contributed by atoms with Crippen LogP contribution in [0.25, 0.3) is 0 Å². The summed E-state index contributed by atoms with van der Waals surface area (Å²) in [6.45, 7) is 2.66. The molecular weight excluding hydrogens is 580 g/mol. The molecule has 1 aliphatic heterocycles. The van der Waals surface area contributed by atoms with Crippen molar-refractivity contribution >= 4 is 5.69 Å². The number of rotatable bonds is 8. The molecule has 1 atom stereocenters. The molecule has 1 fully saturated rings. The van der Waals surface area contributed by atoms with Gasteiger partial charge < -0.3 is 15.1 Å². The molecule has 1 saturated heterocycles. The highest BCUT2D eigenvalue weighted by atomic mass is 19.4. The Labute approximate surface area is 250 Å². The number of alkyl halides is 3. The first-order chi connectivity index (χ1) is 21.0. The normalized spacial score (nSPS) is 14.9. The molecule has 3 heterocycles. The van der Waals surface area contributed by atoms with Crippen LogP contribution in [0.1, 0.15) is 39.9 Å². The van der Waals surface area contributed by atoms with Gasteiger partial charge in [-0.2, -0.15) is 18.4 Å². The lowest BCUT2D eigenvalue weighted by atomic mass is 10.1. The van der Waals surface area contributed by atoms with Gasteiger partial charge in [0.15, 0.2) is 0 Å². The van der Waals surface area contributed by atoms with Gasteiger partial charge in [0.05, 0.1) is 25.2 Å². The second-order valence-corrected chi connectivity index (χ2v) is 10.6. The van der Waals surface area contributed by atoms with Crippen LogP contribution in [0.4, 0.5) is 23.2 Å². The number of nitrogens with zero attached hydrogens (tertiary/aromatic N) is 5. The van der Waals surface area contributed by atoms with E-state index < -0.39 is 47.0 Å². The molecule has 230 valence electrons. The van der Waals surface area contributed by atoms with Gasteiger partial charge in [0, 0.05) is 43.5 Å². The molecule has 13 heteroatoms. The summed E-state index contributed by atoms with van der Waals surface area (Å²) in [5.74, 6) is -0.297. The summed E-state index contributed by atoms with van der Waals surface area (Å²) < 4.78 is 63.9. The number of benzene rings is 2. The van der Waals surface area contributed by atoms with Crippen LogP contribution in [0.3, 0.4) is 0 Å². The molecule has 0 bridgehead atoms. The van der Waals surface area contributed by atoms with Crippen molar-refractivity contribution in [2.45, 2.75) is 38.8 Å². The van der Waals surface area contributed by atoms with Crippen LogP contribution < -0.4 is 21.9 Å². The summed E-state index contributed by atoms with van der Waals surface area (Å²) in [4.78, 5) is 31.6. The molecule has 0 saturated carbocycles. The molecule has 0 amide bonds. The molecule has 5 rings (SSSR count). The maximum Gasteiger partial charge on any atom is 0.416 e. The molecule has 2 aromatic carbocycles. The monoisotopic (exact) mass is 610 g/mol. The fourth-order valence-electron chi connectivity index (χ4n) is 5.52. The fourth-order valence-corrected chi connectivity index (χ4v) is 5.52. The molecule has 1 unspecified atom stereocenters. The lowest BCUT2D eigenvalue weighted by Gasteiger charge is -2.36. The van der Waals surface area contributed by atoms with Crippen LogP contribution in [0.5, 0.6) is 0 Å². The first kappa shape index (κ1) is 30.8. The maximum absolute atomic E-state index is 14.9. The average Bonchev–Trinajstić information content (AvgIpc) is 3.46. The Balaban J connectivity index is 1.53. The predicted octanol–water partition coefficient (Wildman–Crippen LogP) is 4.01. The number of nitrogens with two attached hydrogens (primary N) is 1. The van der Waals surface area contributed by atoms with Crippen molar-refractivity contribution in [1.82, 2.24) is 14.0 Å². The number of furan rings is 1. The maximum atomic E-state index is 14.9. The number of piperazine rings is 1. The second-order valence-electron chi connectivity index (χ2n) is 10.6.